The lowest BCUT2D eigenvalue weighted by atomic mass is 10.2. The number of anilines is 1. The maximum Gasteiger partial charge on any atom is 0.226 e. The summed E-state index contributed by atoms with van der Waals surface area (Å²) in [7, 11) is 2.01. The highest BCUT2D eigenvalue weighted by molar-refractivity contribution is 5.78. The van der Waals surface area contributed by atoms with Crippen molar-refractivity contribution in [1.82, 2.24) is 10.3 Å². The molecule has 2 aromatic carbocycles. The van der Waals surface area contributed by atoms with Crippen LogP contribution in [0.1, 0.15) is 11.5 Å². The molecule has 0 saturated carbocycles. The number of aryl methyl sites for hydroxylation is 1. The second kappa shape index (κ2) is 8.34. The van der Waals surface area contributed by atoms with Gasteiger partial charge in [-0.15, -0.1) is 0 Å². The lowest BCUT2D eigenvalue weighted by Crippen LogP contribution is -2.33. The van der Waals surface area contributed by atoms with Crippen molar-refractivity contribution in [2.75, 3.05) is 25.0 Å². The summed E-state index contributed by atoms with van der Waals surface area (Å²) in [6, 6.07) is 19.8. The third-order valence-corrected chi connectivity index (χ3v) is 4.21. The average Bonchev–Trinajstić information content (AvgIpc) is 3.03. The molecule has 26 heavy (non-hydrogen) atoms. The molecule has 1 heterocycles. The van der Waals surface area contributed by atoms with E-state index in [4.69, 9.17) is 4.42 Å². The maximum absolute atomic E-state index is 12.2. The summed E-state index contributed by atoms with van der Waals surface area (Å²) in [5, 5.41) is 2.95. The predicted molar refractivity (Wildman–Crippen MR) is 103 cm³/mol. The summed E-state index contributed by atoms with van der Waals surface area (Å²) in [5.41, 5.74) is 2.71. The second-order valence-electron chi connectivity index (χ2n) is 6.17. The number of nitrogens with zero attached hydrogens (tertiary/aromatic N) is 2. The SMILES string of the molecule is Cc1oc(-c2ccccc2)nc1CC(=O)NCCN(C)c1ccccc1. The van der Waals surface area contributed by atoms with Crippen LogP contribution in [0.4, 0.5) is 5.69 Å². The van der Waals surface area contributed by atoms with Gasteiger partial charge in [0.05, 0.1) is 12.1 Å². The fourth-order valence-electron chi connectivity index (χ4n) is 2.69. The van der Waals surface area contributed by atoms with Gasteiger partial charge in [-0.3, -0.25) is 4.79 Å². The molecule has 1 N–H and O–H groups in total. The van der Waals surface area contributed by atoms with Crippen molar-refractivity contribution in [3.05, 3.63) is 72.1 Å². The molecule has 1 amide bonds. The van der Waals surface area contributed by atoms with Crippen molar-refractivity contribution in [2.24, 2.45) is 0 Å². The van der Waals surface area contributed by atoms with Crippen LogP contribution in [-0.4, -0.2) is 31.0 Å². The van der Waals surface area contributed by atoms with Gasteiger partial charge in [0.2, 0.25) is 11.8 Å². The molecule has 134 valence electrons. The zero-order valence-electron chi connectivity index (χ0n) is 15.1. The van der Waals surface area contributed by atoms with Gasteiger partial charge in [-0.1, -0.05) is 36.4 Å². The summed E-state index contributed by atoms with van der Waals surface area (Å²) in [6.07, 6.45) is 0.219. The van der Waals surface area contributed by atoms with Crippen molar-refractivity contribution in [2.45, 2.75) is 13.3 Å². The predicted octanol–water partition coefficient (Wildman–Crippen LogP) is 3.45. The minimum absolute atomic E-state index is 0.0533. The summed E-state index contributed by atoms with van der Waals surface area (Å²) in [5.74, 6) is 1.18. The van der Waals surface area contributed by atoms with Crippen molar-refractivity contribution in [3.63, 3.8) is 0 Å². The van der Waals surface area contributed by atoms with Gasteiger partial charge in [-0.05, 0) is 31.2 Å². The number of benzene rings is 2. The first-order valence-electron chi connectivity index (χ1n) is 8.68. The number of carbonyl (C=O) groups is 1. The van der Waals surface area contributed by atoms with Crippen molar-refractivity contribution in [3.8, 4) is 11.5 Å². The molecule has 5 nitrogen and oxygen atoms in total. The fourth-order valence-corrected chi connectivity index (χ4v) is 2.69. The molecule has 0 aliphatic heterocycles. The Hall–Kier alpha value is -3.08. The number of carbonyl (C=O) groups excluding carboxylic acids is 1. The standard InChI is InChI=1S/C21H23N3O2/c1-16-19(23-21(26-16)17-9-5-3-6-10-17)15-20(25)22-13-14-24(2)18-11-7-4-8-12-18/h3-12H,13-15H2,1-2H3,(H,22,25). The van der Waals surface area contributed by atoms with Crippen LogP contribution >= 0.6 is 0 Å². The summed E-state index contributed by atoms with van der Waals surface area (Å²) >= 11 is 0. The number of hydrogen-bond acceptors (Lipinski definition) is 4. The molecular formula is C21H23N3O2. The van der Waals surface area contributed by atoms with Crippen LogP contribution in [0, 0.1) is 6.92 Å². The normalized spacial score (nSPS) is 10.5. The number of nitrogens with one attached hydrogen (secondary N) is 1. The Morgan fingerprint density at radius 3 is 2.42 bits per heavy atom. The molecule has 1 aromatic heterocycles. The Morgan fingerprint density at radius 1 is 1.08 bits per heavy atom. The molecule has 0 unspecified atom stereocenters. The van der Waals surface area contributed by atoms with E-state index in [1.807, 2.05) is 74.6 Å². The zero-order valence-corrected chi connectivity index (χ0v) is 15.1. The molecule has 3 aromatic rings. The van der Waals surface area contributed by atoms with E-state index in [1.54, 1.807) is 0 Å². The molecule has 0 aliphatic rings. The number of oxazole rings is 1. The van der Waals surface area contributed by atoms with Crippen LogP contribution in [0.25, 0.3) is 11.5 Å². The quantitative estimate of drug-likeness (QED) is 0.710. The van der Waals surface area contributed by atoms with Crippen LogP contribution in [0.5, 0.6) is 0 Å². The third kappa shape index (κ3) is 4.51. The Kier molecular flexibility index (Phi) is 5.69. The van der Waals surface area contributed by atoms with E-state index >= 15 is 0 Å². The van der Waals surface area contributed by atoms with Gasteiger partial charge in [0, 0.05) is 31.4 Å². The van der Waals surface area contributed by atoms with Crippen LogP contribution in [0.3, 0.4) is 0 Å². The lowest BCUT2D eigenvalue weighted by molar-refractivity contribution is -0.120. The first kappa shape index (κ1) is 17.7. The monoisotopic (exact) mass is 349 g/mol. The molecule has 0 fully saturated rings. The number of hydrogen-bond donors (Lipinski definition) is 1. The molecule has 0 saturated heterocycles. The maximum atomic E-state index is 12.2. The highest BCUT2D eigenvalue weighted by Gasteiger charge is 2.14. The smallest absolute Gasteiger partial charge is 0.226 e. The van der Waals surface area contributed by atoms with Crippen LogP contribution < -0.4 is 10.2 Å². The minimum Gasteiger partial charge on any atom is -0.441 e. The Morgan fingerprint density at radius 2 is 1.73 bits per heavy atom. The highest BCUT2D eigenvalue weighted by Crippen LogP contribution is 2.21. The van der Waals surface area contributed by atoms with Crippen molar-refractivity contribution in [1.29, 1.82) is 0 Å². The summed E-state index contributed by atoms with van der Waals surface area (Å²) in [4.78, 5) is 18.8. The van der Waals surface area contributed by atoms with Gasteiger partial charge in [0.25, 0.3) is 0 Å². The van der Waals surface area contributed by atoms with E-state index in [1.165, 1.54) is 0 Å². The number of para-hydroxylation sites is 1. The largest absolute Gasteiger partial charge is 0.441 e. The first-order chi connectivity index (χ1) is 12.6. The Labute approximate surface area is 153 Å². The van der Waals surface area contributed by atoms with E-state index in [0.717, 1.165) is 17.8 Å². The van der Waals surface area contributed by atoms with E-state index in [0.29, 0.717) is 23.9 Å². The number of amides is 1. The molecular weight excluding hydrogens is 326 g/mol. The average molecular weight is 349 g/mol. The topological polar surface area (TPSA) is 58.4 Å². The fraction of sp³-hybridized carbons (Fsp3) is 0.238. The molecule has 5 heteroatoms. The van der Waals surface area contributed by atoms with Crippen LogP contribution in [0.15, 0.2) is 65.1 Å². The van der Waals surface area contributed by atoms with Crippen molar-refractivity contribution < 1.29 is 9.21 Å². The summed E-state index contributed by atoms with van der Waals surface area (Å²) in [6.45, 7) is 3.15. The molecule has 0 atom stereocenters. The lowest BCUT2D eigenvalue weighted by Gasteiger charge is -2.19. The Balaban J connectivity index is 1.51. The first-order valence-corrected chi connectivity index (χ1v) is 8.68. The molecule has 0 bridgehead atoms. The van der Waals surface area contributed by atoms with E-state index in [2.05, 4.69) is 15.2 Å². The van der Waals surface area contributed by atoms with Gasteiger partial charge in [0.15, 0.2) is 0 Å². The summed E-state index contributed by atoms with van der Waals surface area (Å²) < 4.78 is 5.70. The van der Waals surface area contributed by atoms with Crippen LogP contribution in [-0.2, 0) is 11.2 Å². The minimum atomic E-state index is -0.0533. The van der Waals surface area contributed by atoms with Gasteiger partial charge >= 0.3 is 0 Å². The third-order valence-electron chi connectivity index (χ3n) is 4.21. The van der Waals surface area contributed by atoms with Gasteiger partial charge < -0.3 is 14.6 Å². The molecule has 0 radical (unpaired) electrons. The molecule has 0 spiro atoms. The van der Waals surface area contributed by atoms with E-state index in [9.17, 15) is 4.79 Å². The molecule has 0 aliphatic carbocycles. The second-order valence-corrected chi connectivity index (χ2v) is 6.17. The van der Waals surface area contributed by atoms with Gasteiger partial charge in [-0.2, -0.15) is 0 Å². The Bertz CT molecular complexity index is 844. The number of likely N-dealkylation sites (N-methyl/N-ethyl adjacent to an activating group) is 1. The zero-order chi connectivity index (χ0) is 18.4. The number of aromatic nitrogens is 1. The van der Waals surface area contributed by atoms with E-state index < -0.39 is 0 Å². The van der Waals surface area contributed by atoms with Crippen molar-refractivity contribution >= 4 is 11.6 Å². The van der Waals surface area contributed by atoms with Gasteiger partial charge in [-0.25, -0.2) is 4.98 Å². The van der Waals surface area contributed by atoms with Crippen LogP contribution in [0.2, 0.25) is 0 Å². The van der Waals surface area contributed by atoms with Gasteiger partial charge in [0.1, 0.15) is 5.76 Å². The van der Waals surface area contributed by atoms with E-state index in [-0.39, 0.29) is 12.3 Å². The molecule has 3 rings (SSSR count). The highest BCUT2D eigenvalue weighted by atomic mass is 16.4. The number of rotatable bonds is 7.